The van der Waals surface area contributed by atoms with Crippen molar-refractivity contribution in [1.82, 2.24) is 9.97 Å². The van der Waals surface area contributed by atoms with Crippen molar-refractivity contribution >= 4 is 11.0 Å². The van der Waals surface area contributed by atoms with Gasteiger partial charge in [-0.3, -0.25) is 0 Å². The van der Waals surface area contributed by atoms with Crippen LogP contribution in [0.2, 0.25) is 0 Å². The van der Waals surface area contributed by atoms with Crippen LogP contribution in [0.15, 0.2) is 42.5 Å². The Bertz CT molecular complexity index is 718. The Labute approximate surface area is 122 Å². The third kappa shape index (κ3) is 2.95. The van der Waals surface area contributed by atoms with Gasteiger partial charge in [-0.25, -0.2) is 9.37 Å². The van der Waals surface area contributed by atoms with Crippen molar-refractivity contribution < 1.29 is 9.13 Å². The van der Waals surface area contributed by atoms with Crippen LogP contribution >= 0.6 is 0 Å². The Morgan fingerprint density at radius 2 is 2.05 bits per heavy atom. The lowest BCUT2D eigenvalue weighted by atomic mass is 10.1. The number of para-hydroxylation sites is 2. The zero-order chi connectivity index (χ0) is 14.7. The molecule has 1 aromatic heterocycles. The summed E-state index contributed by atoms with van der Waals surface area (Å²) in [4.78, 5) is 7.68. The molecule has 3 nitrogen and oxygen atoms in total. The number of aromatic nitrogens is 2. The van der Waals surface area contributed by atoms with Crippen molar-refractivity contribution in [3.05, 3.63) is 53.8 Å². The summed E-state index contributed by atoms with van der Waals surface area (Å²) >= 11 is 0. The van der Waals surface area contributed by atoms with E-state index in [0.717, 1.165) is 23.0 Å². The number of H-pyrrole nitrogens is 1. The first-order valence-electron chi connectivity index (χ1n) is 7.09. The van der Waals surface area contributed by atoms with Gasteiger partial charge in [-0.15, -0.1) is 0 Å². The predicted octanol–water partition coefficient (Wildman–Crippen LogP) is 4.30. The van der Waals surface area contributed by atoms with E-state index in [1.54, 1.807) is 6.07 Å². The lowest BCUT2D eigenvalue weighted by Crippen LogP contribution is -1.97. The molecule has 0 saturated heterocycles. The molecular weight excluding hydrogens is 267 g/mol. The van der Waals surface area contributed by atoms with Crippen LogP contribution in [0, 0.1) is 5.82 Å². The van der Waals surface area contributed by atoms with Crippen LogP contribution < -0.4 is 0 Å². The van der Waals surface area contributed by atoms with Crippen molar-refractivity contribution in [2.75, 3.05) is 6.61 Å². The number of halogens is 1. The highest BCUT2D eigenvalue weighted by Crippen LogP contribution is 2.22. The summed E-state index contributed by atoms with van der Waals surface area (Å²) in [7, 11) is 0. The van der Waals surface area contributed by atoms with Gasteiger partial charge in [0.15, 0.2) is 0 Å². The first-order chi connectivity index (χ1) is 10.3. The van der Waals surface area contributed by atoms with Gasteiger partial charge in [0.05, 0.1) is 17.6 Å². The molecule has 0 aliphatic heterocycles. The van der Waals surface area contributed by atoms with Crippen LogP contribution in [0.3, 0.4) is 0 Å². The smallest absolute Gasteiger partial charge is 0.138 e. The fourth-order valence-corrected chi connectivity index (χ4v) is 2.23. The van der Waals surface area contributed by atoms with Gasteiger partial charge in [0, 0.05) is 17.7 Å². The van der Waals surface area contributed by atoms with E-state index in [1.807, 2.05) is 37.3 Å². The van der Waals surface area contributed by atoms with Crippen LogP contribution in [0.1, 0.15) is 18.9 Å². The third-order valence-electron chi connectivity index (χ3n) is 3.32. The summed E-state index contributed by atoms with van der Waals surface area (Å²) < 4.78 is 19.5. The second kappa shape index (κ2) is 6.06. The van der Waals surface area contributed by atoms with Gasteiger partial charge >= 0.3 is 0 Å². The zero-order valence-electron chi connectivity index (χ0n) is 11.9. The number of imidazole rings is 1. The molecule has 3 rings (SSSR count). The highest BCUT2D eigenvalue weighted by atomic mass is 19.1. The van der Waals surface area contributed by atoms with E-state index in [9.17, 15) is 4.39 Å². The maximum Gasteiger partial charge on any atom is 0.138 e. The molecule has 0 bridgehead atoms. The number of nitrogens with one attached hydrogen (secondary N) is 1. The second-order valence-corrected chi connectivity index (χ2v) is 4.96. The number of hydrogen-bond donors (Lipinski definition) is 1. The number of ether oxygens (including phenoxy) is 1. The molecule has 0 saturated carbocycles. The van der Waals surface area contributed by atoms with E-state index >= 15 is 0 Å². The molecule has 1 heterocycles. The first kappa shape index (κ1) is 13.8. The van der Waals surface area contributed by atoms with Gasteiger partial charge < -0.3 is 9.72 Å². The van der Waals surface area contributed by atoms with Crippen LogP contribution in [-0.4, -0.2) is 16.6 Å². The average molecular weight is 284 g/mol. The van der Waals surface area contributed by atoms with E-state index in [1.165, 1.54) is 6.07 Å². The highest BCUT2D eigenvalue weighted by Gasteiger charge is 2.08. The van der Waals surface area contributed by atoms with Gasteiger partial charge in [-0.05, 0) is 24.6 Å². The molecule has 0 aliphatic rings. The van der Waals surface area contributed by atoms with Gasteiger partial charge in [-0.2, -0.15) is 0 Å². The number of fused-ring (bicyclic) bond motifs is 1. The molecule has 108 valence electrons. The maximum absolute atomic E-state index is 14.1. The molecule has 0 amide bonds. The lowest BCUT2D eigenvalue weighted by Gasteiger charge is -2.05. The highest BCUT2D eigenvalue weighted by molar-refractivity contribution is 5.79. The Morgan fingerprint density at radius 3 is 2.81 bits per heavy atom. The molecule has 0 spiro atoms. The Balaban J connectivity index is 1.87. The monoisotopic (exact) mass is 284 g/mol. The number of aromatic amines is 1. The fraction of sp³-hybridized carbons (Fsp3) is 0.235. The SMILES string of the molecule is CCCOCc1ccc(-c2nc3ccccc3[nH]2)cc1F. The number of nitrogens with zero attached hydrogens (tertiary/aromatic N) is 1. The molecule has 3 aromatic rings. The van der Waals surface area contributed by atoms with Crippen molar-refractivity contribution in [3.8, 4) is 11.4 Å². The number of benzene rings is 2. The van der Waals surface area contributed by atoms with Crippen LogP contribution in [0.4, 0.5) is 4.39 Å². The Morgan fingerprint density at radius 1 is 1.19 bits per heavy atom. The molecule has 0 aliphatic carbocycles. The van der Waals surface area contributed by atoms with Gasteiger partial charge in [0.25, 0.3) is 0 Å². The molecule has 4 heteroatoms. The summed E-state index contributed by atoms with van der Waals surface area (Å²) in [6, 6.07) is 12.9. The minimum Gasteiger partial charge on any atom is -0.377 e. The maximum atomic E-state index is 14.1. The third-order valence-corrected chi connectivity index (χ3v) is 3.32. The molecular formula is C17H17FN2O. The van der Waals surface area contributed by atoms with E-state index < -0.39 is 0 Å². The second-order valence-electron chi connectivity index (χ2n) is 4.96. The van der Waals surface area contributed by atoms with Crippen molar-refractivity contribution in [2.24, 2.45) is 0 Å². The normalized spacial score (nSPS) is 11.1. The van der Waals surface area contributed by atoms with E-state index in [-0.39, 0.29) is 5.82 Å². The van der Waals surface area contributed by atoms with Crippen LogP contribution in [0.5, 0.6) is 0 Å². The number of rotatable bonds is 5. The van der Waals surface area contributed by atoms with Crippen molar-refractivity contribution in [2.45, 2.75) is 20.0 Å². The quantitative estimate of drug-likeness (QED) is 0.709. The topological polar surface area (TPSA) is 37.9 Å². The minimum atomic E-state index is -0.260. The minimum absolute atomic E-state index is 0.260. The lowest BCUT2D eigenvalue weighted by molar-refractivity contribution is 0.119. The van der Waals surface area contributed by atoms with Crippen LogP contribution in [-0.2, 0) is 11.3 Å². The summed E-state index contributed by atoms with van der Waals surface area (Å²) in [5, 5.41) is 0. The average Bonchev–Trinajstić information content (AvgIpc) is 2.93. The first-order valence-corrected chi connectivity index (χ1v) is 7.09. The number of hydrogen-bond acceptors (Lipinski definition) is 2. The summed E-state index contributed by atoms with van der Waals surface area (Å²) in [5.41, 5.74) is 3.14. The van der Waals surface area contributed by atoms with Gasteiger partial charge in [0.1, 0.15) is 11.6 Å². The Hall–Kier alpha value is -2.20. The van der Waals surface area contributed by atoms with Crippen molar-refractivity contribution in [1.29, 1.82) is 0 Å². The van der Waals surface area contributed by atoms with Gasteiger partial charge in [-0.1, -0.05) is 31.2 Å². The zero-order valence-corrected chi connectivity index (χ0v) is 11.9. The largest absolute Gasteiger partial charge is 0.377 e. The summed E-state index contributed by atoms with van der Waals surface area (Å²) in [6.45, 7) is 2.98. The molecule has 0 atom stereocenters. The van der Waals surface area contributed by atoms with Gasteiger partial charge in [0.2, 0.25) is 0 Å². The predicted molar refractivity (Wildman–Crippen MR) is 81.4 cm³/mol. The summed E-state index contributed by atoms with van der Waals surface area (Å²) in [5.74, 6) is 0.417. The molecule has 21 heavy (non-hydrogen) atoms. The van der Waals surface area contributed by atoms with E-state index in [2.05, 4.69) is 9.97 Å². The molecule has 1 N–H and O–H groups in total. The molecule has 0 radical (unpaired) electrons. The fourth-order valence-electron chi connectivity index (χ4n) is 2.23. The molecule has 0 fully saturated rings. The molecule has 0 unspecified atom stereocenters. The van der Waals surface area contributed by atoms with E-state index in [4.69, 9.17) is 4.74 Å². The Kier molecular flexibility index (Phi) is 3.97. The van der Waals surface area contributed by atoms with E-state index in [0.29, 0.717) is 24.6 Å². The molecule has 2 aromatic carbocycles. The van der Waals surface area contributed by atoms with Crippen molar-refractivity contribution in [3.63, 3.8) is 0 Å². The summed E-state index contributed by atoms with van der Waals surface area (Å²) in [6.07, 6.45) is 0.929. The van der Waals surface area contributed by atoms with Crippen LogP contribution in [0.25, 0.3) is 22.4 Å². The standard InChI is InChI=1S/C17H17FN2O/c1-2-9-21-11-13-8-7-12(10-14(13)18)17-19-15-5-3-4-6-16(15)20-17/h3-8,10H,2,9,11H2,1H3,(H,19,20).